The fourth-order valence-electron chi connectivity index (χ4n) is 8.57. The van der Waals surface area contributed by atoms with E-state index in [4.69, 9.17) is 0 Å². The van der Waals surface area contributed by atoms with Crippen LogP contribution in [0, 0.1) is 50.4 Å². The van der Waals surface area contributed by atoms with Gasteiger partial charge in [0, 0.05) is 43.8 Å². The van der Waals surface area contributed by atoms with E-state index in [1.165, 1.54) is 6.07 Å². The summed E-state index contributed by atoms with van der Waals surface area (Å²) in [6.45, 7) is 7.25. The van der Waals surface area contributed by atoms with Crippen molar-refractivity contribution in [2.45, 2.75) is 33.9 Å². The highest BCUT2D eigenvalue weighted by molar-refractivity contribution is 6.13. The van der Waals surface area contributed by atoms with Crippen LogP contribution in [0.25, 0.3) is 88.9 Å². The molecule has 0 aliphatic heterocycles. The summed E-state index contributed by atoms with van der Waals surface area (Å²) in [5, 5.41) is 24.9. The van der Waals surface area contributed by atoms with E-state index in [1.807, 2.05) is 122 Å². The largest absolute Gasteiger partial charge is 0.416 e. The molecular formula is C49H31F3N10. The molecule has 0 aliphatic rings. The number of nitriles is 2. The lowest BCUT2D eigenvalue weighted by molar-refractivity contribution is -0.137. The summed E-state index contributed by atoms with van der Waals surface area (Å²) in [7, 11) is 0. The van der Waals surface area contributed by atoms with Gasteiger partial charge in [-0.05, 0) is 100 Å². The van der Waals surface area contributed by atoms with Gasteiger partial charge in [0.1, 0.15) is 23.3 Å². The second kappa shape index (κ2) is 14.2. The third kappa shape index (κ3) is 6.18. The van der Waals surface area contributed by atoms with Gasteiger partial charge in [0.15, 0.2) is 11.6 Å². The molecule has 6 aromatic carbocycles. The molecule has 0 saturated carbocycles. The highest BCUT2D eigenvalue weighted by atomic mass is 19.4. The summed E-state index contributed by atoms with van der Waals surface area (Å²) in [4.78, 5) is 27.1. The minimum absolute atomic E-state index is 0.181. The number of fused-ring (bicyclic) bond motifs is 6. The van der Waals surface area contributed by atoms with Gasteiger partial charge in [-0.2, -0.15) is 23.7 Å². The van der Waals surface area contributed by atoms with E-state index in [1.54, 1.807) is 12.1 Å². The molecule has 298 valence electrons. The van der Waals surface area contributed by atoms with Crippen molar-refractivity contribution >= 4 is 43.6 Å². The highest BCUT2D eigenvalue weighted by Crippen LogP contribution is 2.45. The van der Waals surface area contributed by atoms with Crippen LogP contribution in [-0.4, -0.2) is 39.0 Å². The lowest BCUT2D eigenvalue weighted by atomic mass is 9.93. The van der Waals surface area contributed by atoms with Crippen LogP contribution < -0.4 is 0 Å². The molecule has 0 N–H and O–H groups in total. The SMILES string of the molecule is Cc1nc(C)nc(-c2ccc3c(c2)c2ccccc2n3-c2cc(C#N)cc(-n3c4ccccc4c4cc(-c5nc(C)nc(C)n5)ccc43)c2-c2ccc(C(F)(F)F)cc2C#N)n1. The Hall–Kier alpha value is -8.29. The van der Waals surface area contributed by atoms with E-state index in [9.17, 15) is 23.7 Å². The van der Waals surface area contributed by atoms with E-state index >= 15 is 0 Å². The second-order valence-electron chi connectivity index (χ2n) is 15.0. The maximum atomic E-state index is 14.3. The molecule has 10 nitrogen and oxygen atoms in total. The molecule has 0 bridgehead atoms. The van der Waals surface area contributed by atoms with Crippen LogP contribution in [0.4, 0.5) is 13.2 Å². The smallest absolute Gasteiger partial charge is 0.308 e. The number of nitrogens with zero attached hydrogens (tertiary/aromatic N) is 10. The number of para-hydroxylation sites is 2. The molecule has 62 heavy (non-hydrogen) atoms. The maximum absolute atomic E-state index is 14.3. The van der Waals surface area contributed by atoms with Crippen molar-refractivity contribution in [3.05, 3.63) is 155 Å². The number of hydrogen-bond donors (Lipinski definition) is 0. The zero-order valence-corrected chi connectivity index (χ0v) is 33.6. The number of hydrogen-bond acceptors (Lipinski definition) is 8. The average Bonchev–Trinajstić information content (AvgIpc) is 3.77. The van der Waals surface area contributed by atoms with Crippen molar-refractivity contribution in [2.75, 3.05) is 0 Å². The van der Waals surface area contributed by atoms with Crippen LogP contribution in [0.3, 0.4) is 0 Å². The quantitative estimate of drug-likeness (QED) is 0.168. The number of benzene rings is 6. The number of aryl methyl sites for hydroxylation is 4. The van der Waals surface area contributed by atoms with Crippen molar-refractivity contribution in [1.82, 2.24) is 39.0 Å². The Balaban J connectivity index is 1.34. The molecule has 0 radical (unpaired) electrons. The van der Waals surface area contributed by atoms with Crippen molar-refractivity contribution in [2.24, 2.45) is 0 Å². The average molecular weight is 817 g/mol. The predicted octanol–water partition coefficient (Wildman–Crippen LogP) is 11.2. The van der Waals surface area contributed by atoms with Crippen molar-refractivity contribution < 1.29 is 13.2 Å². The molecule has 0 fully saturated rings. The fourth-order valence-corrected chi connectivity index (χ4v) is 8.57. The summed E-state index contributed by atoms with van der Waals surface area (Å²) < 4.78 is 46.8. The number of rotatable bonds is 5. The minimum Gasteiger partial charge on any atom is -0.308 e. The second-order valence-corrected chi connectivity index (χ2v) is 15.0. The van der Waals surface area contributed by atoms with Crippen LogP contribution in [0.5, 0.6) is 0 Å². The van der Waals surface area contributed by atoms with E-state index in [-0.39, 0.29) is 11.1 Å². The standard InChI is InChI=1S/C49H31F3N10/c1-26-55-27(2)58-47(57-26)31-13-17-42-38(22-31)36-9-5-7-11-40(36)61(42)44-19-30(24-53)20-45(46(44)35-16-15-34(49(50,51)52)21-33(35)25-54)62-41-12-8-6-10-37(41)39-23-32(14-18-43(39)62)48-59-28(3)56-29(4)60-48/h5-23H,1-4H3. The predicted molar refractivity (Wildman–Crippen MR) is 232 cm³/mol. The normalized spacial score (nSPS) is 11.8. The summed E-state index contributed by atoms with van der Waals surface area (Å²) in [6, 6.07) is 38.5. The first kappa shape index (κ1) is 37.9. The van der Waals surface area contributed by atoms with Crippen molar-refractivity contribution in [1.29, 1.82) is 10.5 Å². The maximum Gasteiger partial charge on any atom is 0.416 e. The molecule has 4 aromatic heterocycles. The van der Waals surface area contributed by atoms with Gasteiger partial charge in [-0.15, -0.1) is 0 Å². The Morgan fingerprint density at radius 1 is 0.484 bits per heavy atom. The zero-order valence-electron chi connectivity index (χ0n) is 33.6. The molecule has 4 heterocycles. The molecular weight excluding hydrogens is 786 g/mol. The van der Waals surface area contributed by atoms with Gasteiger partial charge in [0.05, 0.1) is 62.3 Å². The summed E-state index contributed by atoms with van der Waals surface area (Å²) in [6.07, 6.45) is -4.69. The van der Waals surface area contributed by atoms with Gasteiger partial charge in [-0.3, -0.25) is 0 Å². The Kier molecular flexibility index (Phi) is 8.68. The first-order valence-electron chi connectivity index (χ1n) is 19.6. The summed E-state index contributed by atoms with van der Waals surface area (Å²) in [5.74, 6) is 3.37. The third-order valence-electron chi connectivity index (χ3n) is 11.0. The van der Waals surface area contributed by atoms with E-state index < -0.39 is 11.7 Å². The van der Waals surface area contributed by atoms with Crippen LogP contribution in [0.2, 0.25) is 0 Å². The number of aromatic nitrogens is 8. The van der Waals surface area contributed by atoms with Gasteiger partial charge < -0.3 is 9.13 Å². The zero-order chi connectivity index (χ0) is 43.0. The molecule has 0 saturated heterocycles. The van der Waals surface area contributed by atoms with E-state index in [0.29, 0.717) is 57.4 Å². The van der Waals surface area contributed by atoms with Crippen LogP contribution in [0.15, 0.2) is 115 Å². The Labute approximate surface area is 351 Å². The van der Waals surface area contributed by atoms with Gasteiger partial charge in [0.25, 0.3) is 0 Å². The Morgan fingerprint density at radius 3 is 1.37 bits per heavy atom. The van der Waals surface area contributed by atoms with Gasteiger partial charge in [-0.25, -0.2) is 29.9 Å². The first-order chi connectivity index (χ1) is 29.9. The van der Waals surface area contributed by atoms with Crippen LogP contribution in [-0.2, 0) is 6.18 Å². The molecule has 0 unspecified atom stereocenters. The number of halogens is 3. The summed E-state index contributed by atoms with van der Waals surface area (Å²) in [5.41, 5.74) is 5.41. The molecule has 0 atom stereocenters. The van der Waals surface area contributed by atoms with Crippen LogP contribution in [0.1, 0.15) is 40.0 Å². The lowest BCUT2D eigenvalue weighted by Gasteiger charge is -2.22. The van der Waals surface area contributed by atoms with Crippen LogP contribution >= 0.6 is 0 Å². The first-order valence-corrected chi connectivity index (χ1v) is 19.6. The molecule has 0 aliphatic carbocycles. The van der Waals surface area contributed by atoms with Gasteiger partial charge >= 0.3 is 6.18 Å². The Morgan fingerprint density at radius 2 is 0.935 bits per heavy atom. The van der Waals surface area contributed by atoms with E-state index in [0.717, 1.165) is 66.9 Å². The van der Waals surface area contributed by atoms with Gasteiger partial charge in [-0.1, -0.05) is 42.5 Å². The molecule has 10 aromatic rings. The monoisotopic (exact) mass is 816 g/mol. The minimum atomic E-state index is -4.69. The topological polar surface area (TPSA) is 135 Å². The molecule has 0 spiro atoms. The number of alkyl halides is 3. The third-order valence-corrected chi connectivity index (χ3v) is 11.0. The molecule has 0 amide bonds. The lowest BCUT2D eigenvalue weighted by Crippen LogP contribution is -2.08. The highest BCUT2D eigenvalue weighted by Gasteiger charge is 2.32. The fraction of sp³-hybridized carbons (Fsp3) is 0.102. The molecule has 13 heteroatoms. The van der Waals surface area contributed by atoms with E-state index in [2.05, 4.69) is 42.0 Å². The van der Waals surface area contributed by atoms with Crippen molar-refractivity contribution in [3.63, 3.8) is 0 Å². The van der Waals surface area contributed by atoms with Gasteiger partial charge in [0.2, 0.25) is 0 Å². The summed E-state index contributed by atoms with van der Waals surface area (Å²) >= 11 is 0. The Bertz CT molecular complexity index is 3370. The molecule has 10 rings (SSSR count). The van der Waals surface area contributed by atoms with Crippen molar-refractivity contribution in [3.8, 4) is 57.4 Å².